The maximum atomic E-state index is 12.7. The van der Waals surface area contributed by atoms with Gasteiger partial charge < -0.3 is 19.9 Å². The number of ether oxygens (including phenoxy) is 1. The number of alkyl halides is 3. The Bertz CT molecular complexity index is 1150. The topological polar surface area (TPSA) is 87.3 Å². The number of anilines is 1. The van der Waals surface area contributed by atoms with Crippen LogP contribution in [-0.2, 0) is 10.9 Å². The molecule has 1 aromatic carbocycles. The number of hydrogen-bond acceptors (Lipinski definition) is 5. The van der Waals surface area contributed by atoms with Crippen molar-refractivity contribution in [1.82, 2.24) is 15.3 Å². The lowest BCUT2D eigenvalue weighted by atomic mass is 10.0. The van der Waals surface area contributed by atoms with Crippen LogP contribution >= 0.6 is 0 Å². The summed E-state index contributed by atoms with van der Waals surface area (Å²) in [6.07, 6.45) is -2.28. The third kappa shape index (κ3) is 5.10. The third-order valence-corrected chi connectivity index (χ3v) is 5.61. The third-order valence-electron chi connectivity index (χ3n) is 5.61. The number of aromatic amines is 1. The van der Waals surface area contributed by atoms with Crippen molar-refractivity contribution in [1.29, 1.82) is 0 Å². The number of hydrogen-bond donors (Lipinski definition) is 2. The largest absolute Gasteiger partial charge is 0.461 e. The molecule has 0 bridgehead atoms. The van der Waals surface area contributed by atoms with Crippen LogP contribution in [0.2, 0.25) is 0 Å². The Kier molecular flexibility index (Phi) is 6.26. The summed E-state index contributed by atoms with van der Waals surface area (Å²) in [4.78, 5) is 33.5. The lowest BCUT2D eigenvalue weighted by Crippen LogP contribution is -2.45. The van der Waals surface area contributed by atoms with E-state index in [4.69, 9.17) is 4.74 Å². The Hall–Kier alpha value is -3.56. The number of pyridine rings is 1. The Labute approximate surface area is 187 Å². The molecule has 0 atom stereocenters. The van der Waals surface area contributed by atoms with Crippen LogP contribution in [0.4, 0.5) is 19.0 Å². The Morgan fingerprint density at radius 2 is 1.94 bits per heavy atom. The summed E-state index contributed by atoms with van der Waals surface area (Å²) in [7, 11) is 0. The van der Waals surface area contributed by atoms with Gasteiger partial charge >= 0.3 is 12.1 Å². The second-order valence-corrected chi connectivity index (χ2v) is 7.84. The number of carbonyl (C=O) groups excluding carboxylic acids is 2. The standard InChI is InChI=1S/C23H23F3N4O3/c1-2-33-22(32)19-12-15-11-14(3-5-18(15)29-19)21(31)28-17-7-9-30(10-8-17)20-6-4-16(13-27-20)23(24,25)26/h3-6,11-13,17,29H,2,7-10H2,1H3,(H,28,31). The highest BCUT2D eigenvalue weighted by Crippen LogP contribution is 2.30. The molecule has 7 nitrogen and oxygen atoms in total. The molecule has 1 fully saturated rings. The highest BCUT2D eigenvalue weighted by atomic mass is 19.4. The normalized spacial score (nSPS) is 15.0. The van der Waals surface area contributed by atoms with Gasteiger partial charge in [0.05, 0.1) is 12.2 Å². The molecule has 0 spiro atoms. The summed E-state index contributed by atoms with van der Waals surface area (Å²) in [5, 5.41) is 3.74. The van der Waals surface area contributed by atoms with Gasteiger partial charge in [-0.2, -0.15) is 13.2 Å². The zero-order valence-electron chi connectivity index (χ0n) is 17.9. The number of rotatable bonds is 5. The van der Waals surface area contributed by atoms with Gasteiger partial charge in [0, 0.05) is 41.8 Å². The number of H-pyrrole nitrogens is 1. The number of piperidine rings is 1. The van der Waals surface area contributed by atoms with Crippen LogP contribution in [0, 0.1) is 0 Å². The first-order valence-electron chi connectivity index (χ1n) is 10.6. The quantitative estimate of drug-likeness (QED) is 0.559. The molecule has 1 aliphatic heterocycles. The predicted molar refractivity (Wildman–Crippen MR) is 116 cm³/mol. The molecule has 10 heteroatoms. The summed E-state index contributed by atoms with van der Waals surface area (Å²) >= 11 is 0. The number of benzene rings is 1. The van der Waals surface area contributed by atoms with Gasteiger partial charge in [0.25, 0.3) is 5.91 Å². The Balaban J connectivity index is 1.35. The smallest absolute Gasteiger partial charge is 0.417 e. The van der Waals surface area contributed by atoms with Crippen molar-refractivity contribution < 1.29 is 27.5 Å². The molecule has 0 radical (unpaired) electrons. The second-order valence-electron chi connectivity index (χ2n) is 7.84. The van der Waals surface area contributed by atoms with Gasteiger partial charge in [-0.15, -0.1) is 0 Å². The number of aromatic nitrogens is 2. The van der Waals surface area contributed by atoms with Crippen molar-refractivity contribution in [2.24, 2.45) is 0 Å². The first-order valence-corrected chi connectivity index (χ1v) is 10.6. The Morgan fingerprint density at radius 3 is 2.58 bits per heavy atom. The van der Waals surface area contributed by atoms with Crippen LogP contribution in [0.5, 0.6) is 0 Å². The highest BCUT2D eigenvalue weighted by Gasteiger charge is 2.31. The monoisotopic (exact) mass is 460 g/mol. The van der Waals surface area contributed by atoms with Crippen LogP contribution in [0.15, 0.2) is 42.6 Å². The highest BCUT2D eigenvalue weighted by molar-refractivity contribution is 6.00. The maximum Gasteiger partial charge on any atom is 0.417 e. The number of amides is 1. The molecule has 3 heterocycles. The summed E-state index contributed by atoms with van der Waals surface area (Å²) in [6.45, 7) is 3.15. The van der Waals surface area contributed by atoms with Crippen molar-refractivity contribution in [3.63, 3.8) is 0 Å². The van der Waals surface area contributed by atoms with Gasteiger partial charge in [0.2, 0.25) is 0 Å². The van der Waals surface area contributed by atoms with Crippen LogP contribution in [-0.4, -0.2) is 47.6 Å². The maximum absolute atomic E-state index is 12.7. The van der Waals surface area contributed by atoms with Gasteiger partial charge in [0.15, 0.2) is 0 Å². The molecule has 0 saturated carbocycles. The van der Waals surface area contributed by atoms with E-state index in [1.54, 1.807) is 31.2 Å². The fraction of sp³-hybridized carbons (Fsp3) is 0.348. The van der Waals surface area contributed by atoms with E-state index in [9.17, 15) is 22.8 Å². The zero-order valence-corrected chi connectivity index (χ0v) is 17.9. The molecule has 0 aliphatic carbocycles. The molecule has 0 unspecified atom stereocenters. The molecular formula is C23H23F3N4O3. The van der Waals surface area contributed by atoms with Crippen LogP contribution in [0.1, 0.15) is 46.2 Å². The minimum Gasteiger partial charge on any atom is -0.461 e. The van der Waals surface area contributed by atoms with E-state index in [2.05, 4.69) is 15.3 Å². The number of halogens is 3. The lowest BCUT2D eigenvalue weighted by Gasteiger charge is -2.33. The molecule has 2 aromatic heterocycles. The van der Waals surface area contributed by atoms with E-state index in [0.717, 1.165) is 23.2 Å². The van der Waals surface area contributed by atoms with Crippen molar-refractivity contribution in [2.45, 2.75) is 32.0 Å². The number of nitrogens with zero attached hydrogens (tertiary/aromatic N) is 2. The van der Waals surface area contributed by atoms with E-state index in [0.29, 0.717) is 43.0 Å². The average molecular weight is 460 g/mol. The van der Waals surface area contributed by atoms with Crippen molar-refractivity contribution in [3.8, 4) is 0 Å². The number of nitrogens with one attached hydrogen (secondary N) is 2. The number of fused-ring (bicyclic) bond motifs is 1. The molecule has 4 rings (SSSR count). The molecule has 2 N–H and O–H groups in total. The molecular weight excluding hydrogens is 437 g/mol. The van der Waals surface area contributed by atoms with E-state index in [1.165, 1.54) is 6.07 Å². The lowest BCUT2D eigenvalue weighted by molar-refractivity contribution is -0.137. The van der Waals surface area contributed by atoms with Crippen molar-refractivity contribution in [3.05, 3.63) is 59.4 Å². The van der Waals surface area contributed by atoms with E-state index in [1.807, 2.05) is 4.90 Å². The second kappa shape index (κ2) is 9.13. The molecule has 1 saturated heterocycles. The summed E-state index contributed by atoms with van der Waals surface area (Å²) in [5.74, 6) is -0.182. The first kappa shape index (κ1) is 22.6. The van der Waals surface area contributed by atoms with Crippen molar-refractivity contribution >= 4 is 28.6 Å². The minimum absolute atomic E-state index is 0.0554. The first-order chi connectivity index (χ1) is 15.7. The fourth-order valence-corrected chi connectivity index (χ4v) is 3.86. The van der Waals surface area contributed by atoms with Gasteiger partial charge in [0.1, 0.15) is 11.5 Å². The minimum atomic E-state index is -4.41. The summed E-state index contributed by atoms with van der Waals surface area (Å²) in [6, 6.07) is 9.14. The number of esters is 1. The average Bonchev–Trinajstić information content (AvgIpc) is 3.23. The summed E-state index contributed by atoms with van der Waals surface area (Å²) < 4.78 is 43.1. The van der Waals surface area contributed by atoms with E-state index in [-0.39, 0.29) is 18.6 Å². The molecule has 3 aromatic rings. The SMILES string of the molecule is CCOC(=O)c1cc2cc(C(=O)NC3CCN(c4ccc(C(F)(F)F)cn4)CC3)ccc2[nH]1. The Morgan fingerprint density at radius 1 is 1.18 bits per heavy atom. The summed E-state index contributed by atoms with van der Waals surface area (Å²) in [5.41, 5.74) is 0.756. The van der Waals surface area contributed by atoms with Gasteiger partial charge in [-0.1, -0.05) is 0 Å². The van der Waals surface area contributed by atoms with Crippen molar-refractivity contribution in [2.75, 3.05) is 24.6 Å². The van der Waals surface area contributed by atoms with Crippen LogP contribution in [0.3, 0.4) is 0 Å². The zero-order chi connectivity index (χ0) is 23.6. The van der Waals surface area contributed by atoms with Gasteiger partial charge in [-0.3, -0.25) is 4.79 Å². The predicted octanol–water partition coefficient (Wildman–Crippen LogP) is 4.16. The van der Waals surface area contributed by atoms with E-state index >= 15 is 0 Å². The van der Waals surface area contributed by atoms with E-state index < -0.39 is 17.7 Å². The number of carbonyl (C=O) groups is 2. The molecule has 1 aliphatic rings. The van der Waals surface area contributed by atoms with Crippen LogP contribution < -0.4 is 10.2 Å². The van der Waals surface area contributed by atoms with Crippen LogP contribution in [0.25, 0.3) is 10.9 Å². The molecule has 1 amide bonds. The van der Waals surface area contributed by atoms with Gasteiger partial charge in [-0.25, -0.2) is 9.78 Å². The molecule has 174 valence electrons. The molecule has 33 heavy (non-hydrogen) atoms. The fourth-order valence-electron chi connectivity index (χ4n) is 3.86. The van der Waals surface area contributed by atoms with Gasteiger partial charge in [-0.05, 0) is 56.2 Å².